The average molecular weight is 127 g/mol. The topological polar surface area (TPSA) is 52.5 Å². The van der Waals surface area contributed by atoms with Crippen LogP contribution in [-0.4, -0.2) is 61.2 Å². The van der Waals surface area contributed by atoms with Gasteiger partial charge in [-0.15, -0.1) is 0 Å². The number of rotatable bonds is 4. The Morgan fingerprint density at radius 2 is 2.12 bits per heavy atom. The second kappa shape index (κ2) is 6.01. The van der Waals surface area contributed by atoms with Gasteiger partial charge in [-0.2, -0.15) is 0 Å². The summed E-state index contributed by atoms with van der Waals surface area (Å²) in [4.78, 5) is 0. The molecule has 1 atom stereocenters. The molecule has 0 bridgehead atoms. The molecule has 4 heteroatoms. The molecule has 0 amide bonds. The molecule has 8 heavy (non-hydrogen) atoms. The van der Waals surface area contributed by atoms with Gasteiger partial charge < -0.3 is 0 Å². The third-order valence-corrected chi connectivity index (χ3v) is 1.65. The van der Waals surface area contributed by atoms with Gasteiger partial charge in [0.25, 0.3) is 0 Å². The van der Waals surface area contributed by atoms with Gasteiger partial charge in [-0.1, -0.05) is 0 Å². The van der Waals surface area contributed by atoms with Crippen molar-refractivity contribution in [2.24, 2.45) is 0 Å². The zero-order valence-electron chi connectivity index (χ0n) is 5.09. The van der Waals surface area contributed by atoms with Gasteiger partial charge >= 0.3 is 66.5 Å². The summed E-state index contributed by atoms with van der Waals surface area (Å²) in [5, 5.41) is 19.7. The zero-order valence-corrected chi connectivity index (χ0v) is 7.09. The van der Waals surface area contributed by atoms with E-state index in [1.165, 1.54) is 0 Å². The molecule has 0 aromatic heterocycles. The van der Waals surface area contributed by atoms with Gasteiger partial charge in [-0.3, -0.25) is 0 Å². The Morgan fingerprint density at radius 1 is 1.50 bits per heavy atom. The molecule has 0 radical (unpaired) electrons. The van der Waals surface area contributed by atoms with Crippen LogP contribution in [0.3, 0.4) is 0 Å². The van der Waals surface area contributed by atoms with E-state index in [9.17, 15) is 0 Å². The molecule has 44 valence electrons. The normalized spacial score (nSPS) is 14.0. The fraction of sp³-hybridized carbons (Fsp3) is 1.00. The maximum absolute atomic E-state index is 8.45. The molecule has 1 unspecified atom stereocenters. The van der Waals surface area contributed by atoms with Gasteiger partial charge in [0.1, 0.15) is 0 Å². The first-order valence-electron chi connectivity index (χ1n) is 2.76. The number of aliphatic hydroxyl groups excluding tert-OH is 2. The van der Waals surface area contributed by atoms with E-state index in [1.54, 1.807) is 0 Å². The maximum atomic E-state index is 8.45. The molecular weight excluding hydrogens is 117 g/mol. The molecule has 3 nitrogen and oxygen atoms in total. The van der Waals surface area contributed by atoms with Crippen molar-refractivity contribution in [2.75, 3.05) is 19.8 Å². The fourth-order valence-electron chi connectivity index (χ4n) is 0.375. The summed E-state index contributed by atoms with van der Waals surface area (Å²) in [6.07, 6.45) is 0. The van der Waals surface area contributed by atoms with Crippen LogP contribution >= 0.6 is 0 Å². The van der Waals surface area contributed by atoms with E-state index in [4.69, 9.17) is 10.2 Å². The predicted octanol–water partition coefficient (Wildman–Crippen LogP) is -1.94. The molecule has 0 aliphatic heterocycles. The molecule has 0 saturated heterocycles. The number of nitrogens with one attached hydrogen (secondary N) is 1. The van der Waals surface area contributed by atoms with Crippen LogP contribution in [0.15, 0.2) is 0 Å². The van der Waals surface area contributed by atoms with Crippen LogP contribution < -0.4 is 5.32 Å². The van der Waals surface area contributed by atoms with Crippen LogP contribution in [-0.2, 0) is 0 Å². The molecule has 0 aromatic carbocycles. The summed E-state index contributed by atoms with van der Waals surface area (Å²) in [6.45, 7) is 0.930. The van der Waals surface area contributed by atoms with E-state index >= 15 is 0 Å². The van der Waals surface area contributed by atoms with Gasteiger partial charge in [0.15, 0.2) is 0 Å². The van der Waals surface area contributed by atoms with Crippen molar-refractivity contribution in [3.8, 4) is 0 Å². The minimum atomic E-state index is 0.152. The standard InChI is InChI=1S/C4H10NO2.Na/c6-3-1-5-2-4-7;/h1,5-7H,2-4H2;. The Morgan fingerprint density at radius 3 is 2.50 bits per heavy atom. The van der Waals surface area contributed by atoms with Gasteiger partial charge in [0.2, 0.25) is 0 Å². The van der Waals surface area contributed by atoms with E-state index in [2.05, 4.69) is 5.32 Å². The van der Waals surface area contributed by atoms with Crippen LogP contribution in [0.25, 0.3) is 0 Å². The molecule has 0 aromatic rings. The second-order valence-corrected chi connectivity index (χ2v) is 3.16. The van der Waals surface area contributed by atoms with Crippen molar-refractivity contribution >= 4 is 27.9 Å². The molecule has 0 aliphatic carbocycles. The summed E-state index contributed by atoms with van der Waals surface area (Å²) in [5.41, 5.74) is 0. The second-order valence-electron chi connectivity index (χ2n) is 1.76. The quantitative estimate of drug-likeness (QED) is 0.385. The average Bonchev–Trinajstić information content (AvgIpc) is 1.83. The summed E-state index contributed by atoms with van der Waals surface area (Å²) in [6, 6.07) is 0. The third kappa shape index (κ3) is 5.03. The summed E-state index contributed by atoms with van der Waals surface area (Å²) in [7, 11) is 0. The molecule has 0 saturated carbocycles. The number of hydrogen-bond donors (Lipinski definition) is 3. The van der Waals surface area contributed by atoms with Crippen LogP contribution in [0.2, 0.25) is 0 Å². The Labute approximate surface area is 66.5 Å². The Bertz CT molecular complexity index is 53.3. The van der Waals surface area contributed by atoms with E-state index in [0.29, 0.717) is 6.54 Å². The van der Waals surface area contributed by atoms with E-state index < -0.39 is 0 Å². The Kier molecular flexibility index (Phi) is 6.67. The van der Waals surface area contributed by atoms with E-state index in [0.717, 1.165) is 27.9 Å². The molecular formula is C4H10NNaO2. The first-order valence-corrected chi connectivity index (χ1v) is 3.91. The van der Waals surface area contributed by atoms with Crippen LogP contribution in [0, 0.1) is 0 Å². The first-order chi connectivity index (χ1) is 3.81. The minimum absolute atomic E-state index is 0.152. The molecule has 3 N–H and O–H groups in total. The van der Waals surface area contributed by atoms with Crippen molar-refractivity contribution in [1.29, 1.82) is 0 Å². The predicted molar refractivity (Wildman–Crippen MR) is 31.7 cm³/mol. The zero-order chi connectivity index (χ0) is 6.41. The van der Waals surface area contributed by atoms with Crippen LogP contribution in [0.1, 0.15) is 0 Å². The summed E-state index contributed by atoms with van der Waals surface area (Å²) in [5.74, 6) is 0. The van der Waals surface area contributed by atoms with Gasteiger partial charge in [0, 0.05) is 0 Å². The van der Waals surface area contributed by atoms with Crippen molar-refractivity contribution in [3.63, 3.8) is 0 Å². The third-order valence-electron chi connectivity index (χ3n) is 0.878. The molecule has 0 heterocycles. The van der Waals surface area contributed by atoms with Gasteiger partial charge in [-0.25, -0.2) is 0 Å². The number of aliphatic hydroxyl groups is 2. The number of hydrogen-bond acceptors (Lipinski definition) is 3. The van der Waals surface area contributed by atoms with Crippen LogP contribution in [0.5, 0.6) is 0 Å². The van der Waals surface area contributed by atoms with Crippen molar-refractivity contribution < 1.29 is 10.2 Å². The monoisotopic (exact) mass is 127 g/mol. The molecule has 0 aliphatic rings. The molecule has 0 spiro atoms. The van der Waals surface area contributed by atoms with Crippen molar-refractivity contribution in [1.82, 2.24) is 5.32 Å². The van der Waals surface area contributed by atoms with Gasteiger partial charge in [0.05, 0.1) is 0 Å². The van der Waals surface area contributed by atoms with E-state index in [1.807, 2.05) is 0 Å². The van der Waals surface area contributed by atoms with E-state index in [-0.39, 0.29) is 16.5 Å². The Hall–Kier alpha value is 0.880. The molecule has 0 rings (SSSR count). The summed E-state index contributed by atoms with van der Waals surface area (Å²) >= 11 is 0.932. The van der Waals surface area contributed by atoms with Crippen LogP contribution in [0.4, 0.5) is 0 Å². The van der Waals surface area contributed by atoms with Crippen molar-refractivity contribution in [2.45, 2.75) is 3.29 Å². The SMILES string of the molecule is OCCN[CH]([Na])CO. The van der Waals surface area contributed by atoms with Crippen molar-refractivity contribution in [3.05, 3.63) is 0 Å². The first kappa shape index (κ1) is 8.88. The summed E-state index contributed by atoms with van der Waals surface area (Å²) < 4.78 is 0.238. The van der Waals surface area contributed by atoms with Gasteiger partial charge in [-0.05, 0) is 0 Å². The Balaban J connectivity index is 2.86. The fourth-order valence-corrected chi connectivity index (χ4v) is 0.664. The molecule has 0 fully saturated rings.